The van der Waals surface area contributed by atoms with Gasteiger partial charge >= 0.3 is 12.1 Å². The Balaban J connectivity index is 1.41. The van der Waals surface area contributed by atoms with Crippen molar-refractivity contribution in [1.82, 2.24) is 24.8 Å². The van der Waals surface area contributed by atoms with Crippen LogP contribution < -0.4 is 9.64 Å². The molecule has 6 rings (SSSR count). The van der Waals surface area contributed by atoms with Gasteiger partial charge in [-0.2, -0.15) is 9.97 Å². The molecule has 0 bridgehead atoms. The average Bonchev–Trinajstić information content (AvgIpc) is 2.99. The molecule has 0 N–H and O–H groups in total. The lowest BCUT2D eigenvalue weighted by Gasteiger charge is -2.49. The number of nitrogens with zero attached hydrogens (tertiary/aromatic N) is 7. The number of fused-ring (bicyclic) bond motifs is 2. The van der Waals surface area contributed by atoms with Gasteiger partial charge in [-0.25, -0.2) is 15.8 Å². The van der Waals surface area contributed by atoms with Gasteiger partial charge in [0.05, 0.1) is 5.39 Å². The molecule has 0 saturated carbocycles. The van der Waals surface area contributed by atoms with Crippen LogP contribution in [-0.4, -0.2) is 93.4 Å². The Morgan fingerprint density at radius 3 is 2.48 bits per heavy atom. The van der Waals surface area contributed by atoms with E-state index in [-0.39, 0.29) is 41.9 Å². The maximum absolute atomic E-state index is 16.8. The number of rotatable bonds is 6. The molecule has 2 saturated heterocycles. The number of benzene rings is 2. The normalized spacial score (nSPS) is 18.9. The molecule has 0 aliphatic carbocycles. The number of carbonyl (C=O) groups excluding carboxylic acids is 1. The molecular weight excluding hydrogens is 633 g/mol. The van der Waals surface area contributed by atoms with Crippen LogP contribution in [0.2, 0.25) is 5.02 Å². The Labute approximate surface area is 285 Å². The number of anilines is 1. The van der Waals surface area contributed by atoms with Crippen molar-refractivity contribution in [2.24, 2.45) is 0 Å². The van der Waals surface area contributed by atoms with Crippen LogP contribution in [-0.2, 0) is 4.74 Å². The second-order valence-corrected chi connectivity index (χ2v) is 14.8. The molecule has 12 heteroatoms. The third-order valence-corrected chi connectivity index (χ3v) is 9.19. The van der Waals surface area contributed by atoms with Crippen molar-refractivity contribution in [2.75, 3.05) is 44.2 Å². The van der Waals surface area contributed by atoms with Crippen LogP contribution in [0.1, 0.15) is 48.0 Å². The summed E-state index contributed by atoms with van der Waals surface area (Å²) in [6.45, 7) is 21.9. The molecule has 2 fully saturated rings. The van der Waals surface area contributed by atoms with Gasteiger partial charge in [-0.3, -0.25) is 14.8 Å². The summed E-state index contributed by atoms with van der Waals surface area (Å²) in [4.78, 5) is 36.6. The van der Waals surface area contributed by atoms with E-state index in [1.807, 2.05) is 49.9 Å². The Morgan fingerprint density at radius 2 is 1.81 bits per heavy atom. The summed E-state index contributed by atoms with van der Waals surface area (Å²) >= 11 is 6.61. The van der Waals surface area contributed by atoms with Gasteiger partial charge in [0.15, 0.2) is 5.82 Å². The zero-order valence-corrected chi connectivity index (χ0v) is 29.0. The topological polar surface area (TPSA) is 88.3 Å². The lowest BCUT2D eigenvalue weighted by Crippen LogP contribution is -2.59. The third-order valence-electron chi connectivity index (χ3n) is 8.88. The fraction of sp³-hybridized carbons (Fsp3) is 0.472. The lowest BCUT2D eigenvalue weighted by molar-refractivity contribution is -0.0223. The fourth-order valence-electron chi connectivity index (χ4n) is 6.55. The minimum absolute atomic E-state index is 0.0141. The molecule has 48 heavy (non-hydrogen) atoms. The van der Waals surface area contributed by atoms with E-state index in [0.29, 0.717) is 46.9 Å². The van der Waals surface area contributed by atoms with Gasteiger partial charge in [0.1, 0.15) is 35.3 Å². The Morgan fingerprint density at radius 1 is 1.06 bits per heavy atom. The molecule has 2 aromatic carbocycles. The SMILES string of the molecule is [C-]#[N+]C[C@H]1CN(c2nc(OCC3CCN3C(C)(C)C)nc3c(F)c(-c4cccc5cccc(Cl)c45)ncc23)CCN1C(=O)OC(C)(C)C. The molecule has 4 heterocycles. The van der Waals surface area contributed by atoms with Crippen molar-refractivity contribution in [2.45, 2.75) is 71.2 Å². The van der Waals surface area contributed by atoms with E-state index in [0.717, 1.165) is 18.4 Å². The van der Waals surface area contributed by atoms with E-state index in [4.69, 9.17) is 32.6 Å². The first kappa shape index (κ1) is 33.6. The van der Waals surface area contributed by atoms with Gasteiger partial charge in [0, 0.05) is 59.9 Å². The van der Waals surface area contributed by atoms with Gasteiger partial charge in [-0.1, -0.05) is 41.9 Å². The quantitative estimate of drug-likeness (QED) is 0.198. The molecule has 252 valence electrons. The predicted octanol–water partition coefficient (Wildman–Crippen LogP) is 7.23. The van der Waals surface area contributed by atoms with Gasteiger partial charge in [-0.05, 0) is 59.4 Å². The summed E-state index contributed by atoms with van der Waals surface area (Å²) in [6.07, 6.45) is 2.09. The number of hydrogen-bond donors (Lipinski definition) is 0. The van der Waals surface area contributed by atoms with Crippen molar-refractivity contribution < 1.29 is 18.7 Å². The van der Waals surface area contributed by atoms with Crippen molar-refractivity contribution in [3.8, 4) is 17.3 Å². The number of halogens is 2. The highest BCUT2D eigenvalue weighted by molar-refractivity contribution is 6.36. The van der Waals surface area contributed by atoms with Crippen molar-refractivity contribution >= 4 is 45.2 Å². The zero-order chi connectivity index (χ0) is 34.4. The molecule has 1 unspecified atom stereocenters. The number of pyridine rings is 1. The number of carbonyl (C=O) groups is 1. The van der Waals surface area contributed by atoms with Crippen LogP contribution in [0.5, 0.6) is 6.01 Å². The van der Waals surface area contributed by atoms with E-state index in [1.54, 1.807) is 23.2 Å². The van der Waals surface area contributed by atoms with Crippen LogP contribution in [0.3, 0.4) is 0 Å². The number of amides is 1. The van der Waals surface area contributed by atoms with E-state index in [2.05, 4.69) is 40.5 Å². The van der Waals surface area contributed by atoms with Crippen LogP contribution in [0.15, 0.2) is 42.6 Å². The van der Waals surface area contributed by atoms with Crippen LogP contribution in [0.25, 0.3) is 37.8 Å². The van der Waals surface area contributed by atoms with E-state index < -0.39 is 23.6 Å². The summed E-state index contributed by atoms with van der Waals surface area (Å²) in [7, 11) is 0. The van der Waals surface area contributed by atoms with Crippen molar-refractivity contribution in [3.05, 3.63) is 64.9 Å². The summed E-state index contributed by atoms with van der Waals surface area (Å²) < 4.78 is 28.6. The lowest BCUT2D eigenvalue weighted by atomic mass is 9.94. The smallest absolute Gasteiger partial charge is 0.410 e. The maximum atomic E-state index is 16.8. The van der Waals surface area contributed by atoms with Gasteiger partial charge in [0.2, 0.25) is 6.54 Å². The molecule has 0 radical (unpaired) electrons. The van der Waals surface area contributed by atoms with Crippen molar-refractivity contribution in [3.63, 3.8) is 0 Å². The fourth-order valence-corrected chi connectivity index (χ4v) is 6.83. The highest BCUT2D eigenvalue weighted by Crippen LogP contribution is 2.38. The van der Waals surface area contributed by atoms with Gasteiger partial charge in [0.25, 0.3) is 0 Å². The highest BCUT2D eigenvalue weighted by atomic mass is 35.5. The van der Waals surface area contributed by atoms with Gasteiger partial charge < -0.3 is 19.2 Å². The summed E-state index contributed by atoms with van der Waals surface area (Å²) in [5, 5.41) is 2.47. The first-order valence-electron chi connectivity index (χ1n) is 16.3. The molecular formula is C36H41ClFN7O3. The van der Waals surface area contributed by atoms with E-state index in [1.165, 1.54) is 0 Å². The first-order valence-corrected chi connectivity index (χ1v) is 16.6. The molecule has 4 aromatic rings. The van der Waals surface area contributed by atoms with E-state index in [9.17, 15) is 4.79 Å². The van der Waals surface area contributed by atoms with Crippen molar-refractivity contribution in [1.29, 1.82) is 0 Å². The molecule has 10 nitrogen and oxygen atoms in total. The van der Waals surface area contributed by atoms with Crippen LogP contribution in [0.4, 0.5) is 15.0 Å². The Hall–Kier alpha value is -4.27. The molecule has 2 aromatic heterocycles. The van der Waals surface area contributed by atoms with Crippen LogP contribution in [0, 0.1) is 12.4 Å². The number of hydrogen-bond acceptors (Lipinski definition) is 8. The number of aromatic nitrogens is 3. The molecule has 0 spiro atoms. The number of likely N-dealkylation sites (tertiary alicyclic amines) is 1. The molecule has 2 aliphatic heterocycles. The third kappa shape index (κ3) is 6.69. The highest BCUT2D eigenvalue weighted by Gasteiger charge is 2.38. The zero-order valence-electron chi connectivity index (χ0n) is 28.3. The standard InChI is InChI=1S/C36H41ClFN7O3/c1-35(2,3)45-15-14-23(45)21-47-33-41-31-26(19-40-30(29(31)38)25-12-8-10-22-11-9-13-27(37)28(22)25)32(42-33)43-16-17-44(24(20-43)18-39-7)34(46)48-36(4,5)6/h8-13,19,23-24H,14-18,20-21H2,1-6H3/t23?,24-/m0/s1. The second kappa shape index (κ2) is 13.0. The predicted molar refractivity (Wildman–Crippen MR) is 186 cm³/mol. The number of ether oxygens (including phenoxy) is 2. The summed E-state index contributed by atoms with van der Waals surface area (Å²) in [5.74, 6) is -0.178. The minimum atomic E-state index is -0.676. The Kier molecular flexibility index (Phi) is 9.09. The average molecular weight is 674 g/mol. The largest absolute Gasteiger partial charge is 0.462 e. The minimum Gasteiger partial charge on any atom is -0.462 e. The first-order chi connectivity index (χ1) is 22.7. The molecule has 2 aliphatic rings. The Bertz CT molecular complexity index is 1900. The van der Waals surface area contributed by atoms with Crippen LogP contribution >= 0.6 is 11.6 Å². The molecule has 2 atom stereocenters. The summed E-state index contributed by atoms with van der Waals surface area (Å²) in [5.41, 5.74) is 0.0554. The van der Waals surface area contributed by atoms with Gasteiger partial charge in [-0.15, -0.1) is 0 Å². The number of piperazine rings is 1. The maximum Gasteiger partial charge on any atom is 0.410 e. The summed E-state index contributed by atoms with van der Waals surface area (Å²) in [6, 6.07) is 10.9. The van der Waals surface area contributed by atoms with E-state index >= 15 is 4.39 Å². The molecule has 1 amide bonds. The monoisotopic (exact) mass is 673 g/mol. The second-order valence-electron chi connectivity index (χ2n) is 14.4.